The molecule has 0 aliphatic carbocycles. The molecular weight excluding hydrogens is 376 g/mol. The summed E-state index contributed by atoms with van der Waals surface area (Å²) >= 11 is 0. The van der Waals surface area contributed by atoms with Gasteiger partial charge in [-0.05, 0) is 23.3 Å². The zero-order valence-corrected chi connectivity index (χ0v) is 15.4. The number of nitrogens with zero attached hydrogens (tertiary/aromatic N) is 1. The lowest BCUT2D eigenvalue weighted by Crippen LogP contribution is -2.64. The number of nitrogens with one attached hydrogen (secondary N) is 1. The fourth-order valence-electron chi connectivity index (χ4n) is 3.60. The summed E-state index contributed by atoms with van der Waals surface area (Å²) in [6.07, 6.45) is -3.22. The van der Waals surface area contributed by atoms with Gasteiger partial charge in [0.15, 0.2) is 6.23 Å². The van der Waals surface area contributed by atoms with Crippen LogP contribution in [-0.2, 0) is 4.74 Å². The third-order valence-corrected chi connectivity index (χ3v) is 5.16. The molecule has 0 aromatic heterocycles. The van der Waals surface area contributed by atoms with Gasteiger partial charge in [-0.15, -0.1) is 0 Å². The third-order valence-electron chi connectivity index (χ3n) is 5.16. The van der Waals surface area contributed by atoms with Gasteiger partial charge in [-0.3, -0.25) is 4.90 Å². The number of carbonyl (C=O) groups is 1. The van der Waals surface area contributed by atoms with Crippen molar-refractivity contribution in [1.82, 2.24) is 5.32 Å². The van der Waals surface area contributed by atoms with E-state index in [1.807, 2.05) is 48.6 Å². The number of rotatable bonds is 2. The molecule has 8 heteroatoms. The SMILES string of the molecule is O=C(N[C@@H]1O[C@H](CO)[C@@H](O)[C@H](O)[C@H]1O)N1c2ccccc2C=Cc2ccccc21. The average Bonchev–Trinajstić information content (AvgIpc) is 2.91. The Morgan fingerprint density at radius 3 is 2.00 bits per heavy atom. The lowest BCUT2D eigenvalue weighted by Gasteiger charge is -2.40. The van der Waals surface area contributed by atoms with E-state index in [4.69, 9.17) is 4.74 Å². The third kappa shape index (κ3) is 3.52. The van der Waals surface area contributed by atoms with E-state index < -0.39 is 43.3 Å². The van der Waals surface area contributed by atoms with E-state index >= 15 is 0 Å². The topological polar surface area (TPSA) is 122 Å². The van der Waals surface area contributed by atoms with Gasteiger partial charge in [-0.25, -0.2) is 4.79 Å². The highest BCUT2D eigenvalue weighted by Crippen LogP contribution is 2.36. The summed E-state index contributed by atoms with van der Waals surface area (Å²) in [6.45, 7) is -0.573. The van der Waals surface area contributed by atoms with Crippen molar-refractivity contribution in [2.45, 2.75) is 30.6 Å². The maximum atomic E-state index is 13.3. The van der Waals surface area contributed by atoms with Crippen molar-refractivity contribution >= 4 is 29.6 Å². The van der Waals surface area contributed by atoms with Crippen molar-refractivity contribution in [3.8, 4) is 0 Å². The number of amides is 2. The Morgan fingerprint density at radius 1 is 0.897 bits per heavy atom. The maximum absolute atomic E-state index is 13.3. The van der Waals surface area contributed by atoms with Crippen molar-refractivity contribution < 1.29 is 30.0 Å². The second-order valence-electron chi connectivity index (χ2n) is 6.99. The van der Waals surface area contributed by atoms with Gasteiger partial charge in [-0.2, -0.15) is 0 Å². The predicted molar refractivity (Wildman–Crippen MR) is 106 cm³/mol. The fraction of sp³-hybridized carbons (Fsp3) is 0.286. The zero-order chi connectivity index (χ0) is 20.5. The lowest BCUT2D eigenvalue weighted by atomic mass is 9.98. The minimum Gasteiger partial charge on any atom is -0.394 e. The zero-order valence-electron chi connectivity index (χ0n) is 15.4. The lowest BCUT2D eigenvalue weighted by molar-refractivity contribution is -0.233. The molecule has 4 rings (SSSR count). The standard InChI is InChI=1S/C21H22N2O6/c24-11-16-17(25)18(26)19(27)20(29-16)22-21(28)23-14-7-3-1-5-12(14)9-10-13-6-2-4-8-15(13)23/h1-10,16-20,24-27H,11H2,(H,22,28)/t16-,17-,18+,19-,20-/m1/s1. The predicted octanol–water partition coefficient (Wildman–Crippen LogP) is 0.818. The van der Waals surface area contributed by atoms with Gasteiger partial charge < -0.3 is 30.5 Å². The Labute approximate surface area is 167 Å². The first-order chi connectivity index (χ1) is 14.0. The molecule has 0 radical (unpaired) electrons. The number of anilines is 2. The number of para-hydroxylation sites is 2. The Kier molecular flexibility index (Phi) is 5.35. The van der Waals surface area contributed by atoms with Gasteiger partial charge in [-0.1, -0.05) is 48.6 Å². The van der Waals surface area contributed by atoms with Crippen LogP contribution < -0.4 is 10.2 Å². The van der Waals surface area contributed by atoms with Crippen LogP contribution in [0, 0.1) is 0 Å². The first-order valence-electron chi connectivity index (χ1n) is 9.28. The molecule has 2 aliphatic rings. The number of benzene rings is 2. The number of hydrogen-bond donors (Lipinski definition) is 5. The highest BCUT2D eigenvalue weighted by atomic mass is 16.6. The number of ether oxygens (including phenoxy) is 1. The van der Waals surface area contributed by atoms with Crippen LogP contribution >= 0.6 is 0 Å². The monoisotopic (exact) mass is 398 g/mol. The van der Waals surface area contributed by atoms with Gasteiger partial charge in [0.1, 0.15) is 24.4 Å². The van der Waals surface area contributed by atoms with E-state index in [1.165, 1.54) is 4.90 Å². The van der Waals surface area contributed by atoms with E-state index in [9.17, 15) is 25.2 Å². The second-order valence-corrected chi connectivity index (χ2v) is 6.99. The minimum atomic E-state index is -1.57. The van der Waals surface area contributed by atoms with Crippen molar-refractivity contribution in [2.24, 2.45) is 0 Å². The van der Waals surface area contributed by atoms with Gasteiger partial charge in [0, 0.05) is 0 Å². The molecule has 29 heavy (non-hydrogen) atoms. The molecule has 1 saturated heterocycles. The van der Waals surface area contributed by atoms with Crippen molar-refractivity contribution in [3.63, 3.8) is 0 Å². The van der Waals surface area contributed by atoms with Crippen LogP contribution in [0.1, 0.15) is 11.1 Å². The highest BCUT2D eigenvalue weighted by molar-refractivity contribution is 6.05. The largest absolute Gasteiger partial charge is 0.394 e. The molecule has 2 amide bonds. The van der Waals surface area contributed by atoms with Crippen LogP contribution in [0.2, 0.25) is 0 Å². The van der Waals surface area contributed by atoms with E-state index in [1.54, 1.807) is 12.1 Å². The number of fused-ring (bicyclic) bond motifs is 2. The van der Waals surface area contributed by atoms with Crippen molar-refractivity contribution in [1.29, 1.82) is 0 Å². The molecule has 1 fully saturated rings. The van der Waals surface area contributed by atoms with Crippen molar-refractivity contribution in [3.05, 3.63) is 59.7 Å². The van der Waals surface area contributed by atoms with Crippen LogP contribution in [0.5, 0.6) is 0 Å². The van der Waals surface area contributed by atoms with Crippen molar-refractivity contribution in [2.75, 3.05) is 11.5 Å². The van der Waals surface area contributed by atoms with E-state index in [2.05, 4.69) is 5.32 Å². The molecule has 5 atom stereocenters. The summed E-state index contributed by atoms with van der Waals surface area (Å²) in [4.78, 5) is 14.7. The molecule has 0 saturated carbocycles. The number of urea groups is 1. The van der Waals surface area contributed by atoms with Crippen LogP contribution in [0.4, 0.5) is 16.2 Å². The minimum absolute atomic E-state index is 0.573. The first-order valence-corrected chi connectivity index (χ1v) is 9.28. The Morgan fingerprint density at radius 2 is 1.45 bits per heavy atom. The number of aliphatic hydroxyl groups is 4. The normalized spacial score (nSPS) is 28.3. The van der Waals surface area contributed by atoms with Gasteiger partial charge in [0.2, 0.25) is 0 Å². The van der Waals surface area contributed by atoms with Gasteiger partial charge in [0.05, 0.1) is 18.0 Å². The Hall–Kier alpha value is -2.75. The summed E-state index contributed by atoms with van der Waals surface area (Å²) < 4.78 is 5.41. The van der Waals surface area contributed by atoms with E-state index in [-0.39, 0.29) is 0 Å². The molecule has 0 spiro atoms. The average molecular weight is 398 g/mol. The molecule has 152 valence electrons. The molecule has 0 unspecified atom stereocenters. The van der Waals surface area contributed by atoms with Crippen LogP contribution in [0.15, 0.2) is 48.5 Å². The van der Waals surface area contributed by atoms with Gasteiger partial charge in [0.25, 0.3) is 0 Å². The van der Waals surface area contributed by atoms with E-state index in [0.717, 1.165) is 11.1 Å². The molecule has 0 bridgehead atoms. The highest BCUT2D eigenvalue weighted by Gasteiger charge is 2.44. The maximum Gasteiger partial charge on any atom is 0.328 e. The van der Waals surface area contributed by atoms with Crippen LogP contribution in [0.3, 0.4) is 0 Å². The molecule has 2 heterocycles. The molecule has 2 aromatic carbocycles. The molecule has 2 aromatic rings. The van der Waals surface area contributed by atoms with E-state index in [0.29, 0.717) is 11.4 Å². The summed E-state index contributed by atoms with van der Waals surface area (Å²) in [5.41, 5.74) is 2.92. The van der Waals surface area contributed by atoms with Crippen LogP contribution in [0.25, 0.3) is 12.2 Å². The smallest absolute Gasteiger partial charge is 0.328 e. The fourth-order valence-corrected chi connectivity index (χ4v) is 3.60. The summed E-state index contributed by atoms with van der Waals surface area (Å²) in [7, 11) is 0. The number of aliphatic hydroxyl groups excluding tert-OH is 4. The van der Waals surface area contributed by atoms with Gasteiger partial charge >= 0.3 is 6.03 Å². The molecule has 5 N–H and O–H groups in total. The van der Waals surface area contributed by atoms with Crippen LogP contribution in [-0.4, -0.2) is 63.7 Å². The summed E-state index contributed by atoms with van der Waals surface area (Å²) in [6, 6.07) is 14.1. The number of hydrogen-bond acceptors (Lipinski definition) is 6. The summed E-state index contributed by atoms with van der Waals surface area (Å²) in [5, 5.41) is 42.1. The number of carbonyl (C=O) groups excluding carboxylic acids is 1. The second kappa shape index (κ2) is 7.94. The molecular formula is C21H22N2O6. The summed E-state index contributed by atoms with van der Waals surface area (Å²) in [5.74, 6) is 0. The first kappa shape index (κ1) is 19.6. The molecule has 2 aliphatic heterocycles. The Balaban J connectivity index is 1.67. The molecule has 8 nitrogen and oxygen atoms in total. The quantitative estimate of drug-likeness (QED) is 0.511. The Bertz CT molecular complexity index is 881.